The van der Waals surface area contributed by atoms with Crippen LogP contribution in [0.1, 0.15) is 22.6 Å². The molecule has 0 fully saturated rings. The molecule has 3 aromatic carbocycles. The highest BCUT2D eigenvalue weighted by Crippen LogP contribution is 2.45. The van der Waals surface area contributed by atoms with Gasteiger partial charge in [0.25, 0.3) is 0 Å². The molecule has 1 atom stereocenters. The smallest absolute Gasteiger partial charge is 0.205 e. The lowest BCUT2D eigenvalue weighted by Gasteiger charge is -2.28. The monoisotopic (exact) mass is 390 g/mol. The number of hydrogen-bond acceptors (Lipinski definition) is 3. The summed E-state index contributed by atoms with van der Waals surface area (Å²) in [6, 6.07) is 20.5. The van der Waals surface area contributed by atoms with Gasteiger partial charge < -0.3 is 10.5 Å². The van der Waals surface area contributed by atoms with Crippen LogP contribution in [0.25, 0.3) is 10.8 Å². The molecule has 0 amide bonds. The lowest BCUT2D eigenvalue weighted by molar-refractivity contribution is 0.395. The van der Waals surface area contributed by atoms with Gasteiger partial charge in [-0.25, -0.2) is 0 Å². The van der Waals surface area contributed by atoms with Crippen LogP contribution in [-0.4, -0.2) is 0 Å². The number of hydrogen-bond donors (Lipinski definition) is 1. The van der Waals surface area contributed by atoms with Crippen LogP contribution in [0.2, 0.25) is 0 Å². The molecule has 0 aliphatic carbocycles. The van der Waals surface area contributed by atoms with Gasteiger partial charge in [-0.2, -0.15) is 5.26 Å². The van der Waals surface area contributed by atoms with Gasteiger partial charge in [-0.15, -0.1) is 0 Å². The molecule has 1 aliphatic heterocycles. The summed E-state index contributed by atoms with van der Waals surface area (Å²) in [5.74, 6) is 0.646. The Morgan fingerprint density at radius 2 is 1.84 bits per heavy atom. The van der Waals surface area contributed by atoms with E-state index < -0.39 is 0 Å². The summed E-state index contributed by atoms with van der Waals surface area (Å²) < 4.78 is 6.79. The number of benzene rings is 3. The highest BCUT2D eigenvalue weighted by molar-refractivity contribution is 9.10. The second-order valence-corrected chi connectivity index (χ2v) is 7.09. The Morgan fingerprint density at radius 3 is 2.56 bits per heavy atom. The van der Waals surface area contributed by atoms with Crippen molar-refractivity contribution < 1.29 is 4.74 Å². The molecular weight excluding hydrogens is 376 g/mol. The van der Waals surface area contributed by atoms with Crippen molar-refractivity contribution >= 4 is 26.7 Å². The normalized spacial score (nSPS) is 16.3. The molecule has 0 radical (unpaired) electrons. The van der Waals surface area contributed by atoms with Gasteiger partial charge in [0.1, 0.15) is 17.4 Å². The van der Waals surface area contributed by atoms with Gasteiger partial charge >= 0.3 is 0 Å². The molecule has 1 heterocycles. The molecule has 1 aliphatic rings. The van der Waals surface area contributed by atoms with Crippen LogP contribution in [0, 0.1) is 18.3 Å². The number of allylic oxidation sites excluding steroid dienone is 1. The first kappa shape index (κ1) is 15.7. The number of rotatable bonds is 1. The van der Waals surface area contributed by atoms with Gasteiger partial charge in [0.2, 0.25) is 5.88 Å². The van der Waals surface area contributed by atoms with Crippen molar-refractivity contribution in [2.75, 3.05) is 0 Å². The highest BCUT2D eigenvalue weighted by atomic mass is 79.9. The number of halogens is 1. The third-order valence-corrected chi connectivity index (χ3v) is 5.07. The third kappa shape index (κ3) is 2.57. The lowest BCUT2D eigenvalue weighted by atomic mass is 9.81. The maximum atomic E-state index is 9.71. The van der Waals surface area contributed by atoms with Crippen molar-refractivity contribution in [1.82, 2.24) is 0 Å². The third-order valence-electron chi connectivity index (χ3n) is 4.58. The van der Waals surface area contributed by atoms with E-state index in [1.165, 1.54) is 5.56 Å². The Labute approximate surface area is 154 Å². The summed E-state index contributed by atoms with van der Waals surface area (Å²) in [6.45, 7) is 2.05. The van der Waals surface area contributed by atoms with Crippen molar-refractivity contribution in [3.63, 3.8) is 0 Å². The maximum absolute atomic E-state index is 9.71. The first-order valence-corrected chi connectivity index (χ1v) is 8.74. The fourth-order valence-corrected chi connectivity index (χ4v) is 3.74. The van der Waals surface area contributed by atoms with E-state index in [1.54, 1.807) is 0 Å². The zero-order chi connectivity index (χ0) is 17.6. The fourth-order valence-electron chi connectivity index (χ4n) is 3.36. The Bertz CT molecular complexity index is 1060. The lowest BCUT2D eigenvalue weighted by Crippen LogP contribution is -2.21. The van der Waals surface area contributed by atoms with Crippen molar-refractivity contribution in [3.8, 4) is 11.8 Å². The molecule has 2 N–H and O–H groups in total. The minimum absolute atomic E-state index is 0.178. The number of nitrogens with zero attached hydrogens (tertiary/aromatic N) is 1. The van der Waals surface area contributed by atoms with Crippen molar-refractivity contribution in [2.24, 2.45) is 5.73 Å². The van der Waals surface area contributed by atoms with Gasteiger partial charge in [-0.05, 0) is 41.5 Å². The minimum atomic E-state index is -0.237. The van der Waals surface area contributed by atoms with E-state index in [1.807, 2.05) is 25.1 Å². The number of fused-ring (bicyclic) bond motifs is 3. The van der Waals surface area contributed by atoms with E-state index in [0.29, 0.717) is 11.3 Å². The predicted octanol–water partition coefficient (Wildman–Crippen LogP) is 5.13. The Hall–Kier alpha value is -2.77. The van der Waals surface area contributed by atoms with Crippen LogP contribution in [0.3, 0.4) is 0 Å². The zero-order valence-electron chi connectivity index (χ0n) is 13.6. The molecule has 3 aromatic rings. The first-order chi connectivity index (χ1) is 12.1. The summed E-state index contributed by atoms with van der Waals surface area (Å²) in [5, 5.41) is 11.9. The van der Waals surface area contributed by atoms with Crippen LogP contribution >= 0.6 is 15.9 Å². The molecule has 4 rings (SSSR count). The van der Waals surface area contributed by atoms with E-state index in [4.69, 9.17) is 10.5 Å². The number of nitriles is 1. The molecule has 1 unspecified atom stereocenters. The summed E-state index contributed by atoms with van der Waals surface area (Å²) in [4.78, 5) is 0. The fraction of sp³-hybridized carbons (Fsp3) is 0.0952. The quantitative estimate of drug-likeness (QED) is 0.626. The average Bonchev–Trinajstić information content (AvgIpc) is 2.61. The topological polar surface area (TPSA) is 59.0 Å². The van der Waals surface area contributed by atoms with E-state index in [2.05, 4.69) is 58.4 Å². The Balaban J connectivity index is 2.05. The molecule has 25 heavy (non-hydrogen) atoms. The molecule has 0 aromatic heterocycles. The van der Waals surface area contributed by atoms with Crippen molar-refractivity contribution in [1.29, 1.82) is 5.26 Å². The molecule has 0 saturated heterocycles. The molecular formula is C21H15BrN2O. The van der Waals surface area contributed by atoms with Gasteiger partial charge in [-0.1, -0.05) is 57.9 Å². The minimum Gasteiger partial charge on any atom is -0.440 e. The second kappa shape index (κ2) is 5.94. The summed E-state index contributed by atoms with van der Waals surface area (Å²) in [6.07, 6.45) is 0. The van der Waals surface area contributed by atoms with Gasteiger partial charge in [0.15, 0.2) is 0 Å². The van der Waals surface area contributed by atoms with Crippen LogP contribution in [0.4, 0.5) is 0 Å². The molecule has 0 saturated carbocycles. The van der Waals surface area contributed by atoms with E-state index in [-0.39, 0.29) is 11.8 Å². The molecule has 3 nitrogen and oxygen atoms in total. The van der Waals surface area contributed by atoms with Crippen molar-refractivity contribution in [2.45, 2.75) is 12.8 Å². The van der Waals surface area contributed by atoms with Gasteiger partial charge in [0.05, 0.1) is 5.92 Å². The van der Waals surface area contributed by atoms with Crippen LogP contribution in [-0.2, 0) is 0 Å². The largest absolute Gasteiger partial charge is 0.440 e. The van der Waals surface area contributed by atoms with Gasteiger partial charge in [-0.3, -0.25) is 0 Å². The van der Waals surface area contributed by atoms with Crippen LogP contribution < -0.4 is 10.5 Å². The average molecular weight is 391 g/mol. The number of ether oxygens (including phenoxy) is 1. The van der Waals surface area contributed by atoms with E-state index >= 15 is 0 Å². The van der Waals surface area contributed by atoms with E-state index in [0.717, 1.165) is 26.4 Å². The highest BCUT2D eigenvalue weighted by Gasteiger charge is 2.32. The Morgan fingerprint density at radius 1 is 1.08 bits per heavy atom. The SMILES string of the molecule is Cc1ccc(C2C(C#N)=C(N)Oc3ccc4cc(Br)ccc4c32)cc1. The molecule has 4 heteroatoms. The maximum Gasteiger partial charge on any atom is 0.205 e. The van der Waals surface area contributed by atoms with Crippen molar-refractivity contribution in [3.05, 3.63) is 87.2 Å². The number of aryl methyl sites for hydroxylation is 1. The number of nitrogens with two attached hydrogens (primary N) is 1. The summed E-state index contributed by atoms with van der Waals surface area (Å²) in [5.41, 5.74) is 9.70. The molecule has 122 valence electrons. The summed E-state index contributed by atoms with van der Waals surface area (Å²) >= 11 is 3.52. The standard InChI is InChI=1S/C21H15BrN2O/c1-12-2-4-13(5-3-12)19-17(11-23)21(24)25-18-9-6-14-10-15(22)7-8-16(14)20(18)19/h2-10,19H,24H2,1H3. The van der Waals surface area contributed by atoms with Crippen LogP contribution in [0.15, 0.2) is 70.5 Å². The van der Waals surface area contributed by atoms with Gasteiger partial charge in [0, 0.05) is 10.0 Å². The van der Waals surface area contributed by atoms with Crippen LogP contribution in [0.5, 0.6) is 5.75 Å². The first-order valence-electron chi connectivity index (χ1n) is 7.95. The summed E-state index contributed by atoms with van der Waals surface area (Å²) in [7, 11) is 0. The second-order valence-electron chi connectivity index (χ2n) is 6.18. The molecule has 0 spiro atoms. The van der Waals surface area contributed by atoms with E-state index in [9.17, 15) is 5.26 Å². The molecule has 0 bridgehead atoms. The predicted molar refractivity (Wildman–Crippen MR) is 102 cm³/mol. The Kier molecular flexibility index (Phi) is 3.74. The zero-order valence-corrected chi connectivity index (χ0v) is 15.2.